The number of hydrogen-bond acceptors (Lipinski definition) is 3. The number of methoxy groups -OCH3 is 1. The van der Waals surface area contributed by atoms with Crippen LogP contribution in [0.2, 0.25) is 0 Å². The first kappa shape index (κ1) is 19.7. The highest BCUT2D eigenvalue weighted by molar-refractivity contribution is 5.82. The van der Waals surface area contributed by atoms with Crippen LogP contribution in [0.15, 0.2) is 66.7 Å². The Labute approximate surface area is 175 Å². The molecule has 0 spiro atoms. The SMILES string of the molecule is COc1cc(-c2nc3cc(C)ccc3n2Cc2ccccc2)ccc1CCC(=O)O. The van der Waals surface area contributed by atoms with Crippen LogP contribution < -0.4 is 4.74 Å². The second-order valence-electron chi connectivity index (χ2n) is 7.42. The molecule has 0 aliphatic carbocycles. The third-order valence-corrected chi connectivity index (χ3v) is 5.24. The normalized spacial score (nSPS) is 11.0. The molecule has 30 heavy (non-hydrogen) atoms. The summed E-state index contributed by atoms with van der Waals surface area (Å²) in [5.74, 6) is 0.729. The van der Waals surface area contributed by atoms with E-state index in [0.717, 1.165) is 28.0 Å². The Hall–Kier alpha value is -3.60. The van der Waals surface area contributed by atoms with E-state index in [1.807, 2.05) is 36.4 Å². The van der Waals surface area contributed by atoms with Crippen LogP contribution in [0.4, 0.5) is 0 Å². The van der Waals surface area contributed by atoms with E-state index in [2.05, 4.69) is 41.8 Å². The molecule has 0 radical (unpaired) electrons. The predicted molar refractivity (Wildman–Crippen MR) is 118 cm³/mol. The molecule has 4 aromatic rings. The number of aliphatic carboxylic acids is 1. The molecule has 1 heterocycles. The maximum atomic E-state index is 11.0. The van der Waals surface area contributed by atoms with Crippen molar-refractivity contribution in [3.8, 4) is 17.1 Å². The topological polar surface area (TPSA) is 64.4 Å². The monoisotopic (exact) mass is 400 g/mol. The lowest BCUT2D eigenvalue weighted by Crippen LogP contribution is -2.03. The number of ether oxygens (including phenoxy) is 1. The van der Waals surface area contributed by atoms with Crippen LogP contribution >= 0.6 is 0 Å². The van der Waals surface area contributed by atoms with Gasteiger partial charge in [0.2, 0.25) is 0 Å². The fraction of sp³-hybridized carbons (Fsp3) is 0.200. The number of imidazole rings is 1. The molecule has 0 amide bonds. The van der Waals surface area contributed by atoms with E-state index in [1.54, 1.807) is 7.11 Å². The molecule has 0 atom stereocenters. The molecule has 1 N–H and O–H groups in total. The molecule has 152 valence electrons. The minimum atomic E-state index is -0.818. The van der Waals surface area contributed by atoms with Crippen molar-refractivity contribution >= 4 is 17.0 Å². The average Bonchev–Trinajstić information content (AvgIpc) is 3.10. The van der Waals surface area contributed by atoms with E-state index in [-0.39, 0.29) is 6.42 Å². The highest BCUT2D eigenvalue weighted by Gasteiger charge is 2.16. The first-order valence-electron chi connectivity index (χ1n) is 9.95. The Morgan fingerprint density at radius 3 is 2.60 bits per heavy atom. The zero-order chi connectivity index (χ0) is 21.1. The summed E-state index contributed by atoms with van der Waals surface area (Å²) in [6.45, 7) is 2.77. The standard InChI is InChI=1S/C25H24N2O3/c1-17-8-12-22-21(14-17)26-25(27(22)16-18-6-4-3-5-7-18)20-10-9-19(11-13-24(28)29)23(15-20)30-2/h3-10,12,14-15H,11,13,16H2,1-2H3,(H,28,29). The molecule has 0 aliphatic heterocycles. The number of carbonyl (C=O) groups is 1. The number of nitrogens with zero attached hydrogens (tertiary/aromatic N) is 2. The van der Waals surface area contributed by atoms with Crippen molar-refractivity contribution in [2.24, 2.45) is 0 Å². The summed E-state index contributed by atoms with van der Waals surface area (Å²) in [5.41, 5.74) is 6.22. The molecule has 0 saturated heterocycles. The van der Waals surface area contributed by atoms with Crippen molar-refractivity contribution in [3.05, 3.63) is 83.4 Å². The second-order valence-corrected chi connectivity index (χ2v) is 7.42. The lowest BCUT2D eigenvalue weighted by Gasteiger charge is -2.13. The smallest absolute Gasteiger partial charge is 0.303 e. The van der Waals surface area contributed by atoms with Crippen LogP contribution in [0.3, 0.4) is 0 Å². The third kappa shape index (κ3) is 4.06. The van der Waals surface area contributed by atoms with Gasteiger partial charge in [0, 0.05) is 18.5 Å². The number of aryl methyl sites for hydroxylation is 2. The van der Waals surface area contributed by atoms with E-state index < -0.39 is 5.97 Å². The maximum absolute atomic E-state index is 11.0. The van der Waals surface area contributed by atoms with Gasteiger partial charge in [0.05, 0.1) is 18.1 Å². The van der Waals surface area contributed by atoms with Crippen LogP contribution in [-0.2, 0) is 17.8 Å². The molecule has 0 aliphatic rings. The Bertz CT molecular complexity index is 1200. The summed E-state index contributed by atoms with van der Waals surface area (Å²) in [4.78, 5) is 15.9. The summed E-state index contributed by atoms with van der Waals surface area (Å²) in [6, 6.07) is 22.5. The summed E-state index contributed by atoms with van der Waals surface area (Å²) in [6.07, 6.45) is 0.500. The maximum Gasteiger partial charge on any atom is 0.303 e. The second kappa shape index (κ2) is 8.41. The van der Waals surface area contributed by atoms with Crippen molar-refractivity contribution in [1.82, 2.24) is 9.55 Å². The molecule has 3 aromatic carbocycles. The van der Waals surface area contributed by atoms with Gasteiger partial charge in [-0.25, -0.2) is 4.98 Å². The van der Waals surface area contributed by atoms with Crippen LogP contribution in [0.1, 0.15) is 23.1 Å². The van der Waals surface area contributed by atoms with Crippen molar-refractivity contribution < 1.29 is 14.6 Å². The van der Waals surface area contributed by atoms with Gasteiger partial charge < -0.3 is 14.4 Å². The number of hydrogen-bond donors (Lipinski definition) is 1. The minimum absolute atomic E-state index is 0.0709. The van der Waals surface area contributed by atoms with Crippen LogP contribution in [-0.4, -0.2) is 27.7 Å². The van der Waals surface area contributed by atoms with E-state index in [4.69, 9.17) is 14.8 Å². The lowest BCUT2D eigenvalue weighted by molar-refractivity contribution is -0.136. The number of carboxylic acid groups (broad SMARTS) is 1. The van der Waals surface area contributed by atoms with Gasteiger partial charge in [-0.05, 0) is 48.2 Å². The third-order valence-electron chi connectivity index (χ3n) is 5.24. The molecule has 0 saturated carbocycles. The Balaban J connectivity index is 1.81. The number of carboxylic acids is 1. The van der Waals surface area contributed by atoms with Crippen molar-refractivity contribution in [2.45, 2.75) is 26.3 Å². The Morgan fingerprint density at radius 2 is 1.87 bits per heavy atom. The van der Waals surface area contributed by atoms with Crippen molar-refractivity contribution in [1.29, 1.82) is 0 Å². The summed E-state index contributed by atoms with van der Waals surface area (Å²) in [7, 11) is 1.61. The Morgan fingerprint density at radius 1 is 1.07 bits per heavy atom. The number of benzene rings is 3. The van der Waals surface area contributed by atoms with Crippen LogP contribution in [0.5, 0.6) is 5.75 Å². The van der Waals surface area contributed by atoms with Crippen molar-refractivity contribution in [3.63, 3.8) is 0 Å². The van der Waals surface area contributed by atoms with Crippen LogP contribution in [0.25, 0.3) is 22.4 Å². The predicted octanol–water partition coefficient (Wildman–Crippen LogP) is 5.09. The summed E-state index contributed by atoms with van der Waals surface area (Å²) < 4.78 is 7.78. The van der Waals surface area contributed by atoms with Gasteiger partial charge in [-0.15, -0.1) is 0 Å². The summed E-state index contributed by atoms with van der Waals surface area (Å²) in [5, 5.41) is 9.00. The fourth-order valence-corrected chi connectivity index (χ4v) is 3.72. The first-order chi connectivity index (χ1) is 14.5. The molecular weight excluding hydrogens is 376 g/mol. The largest absolute Gasteiger partial charge is 0.496 e. The van der Waals surface area contributed by atoms with Gasteiger partial charge in [0.25, 0.3) is 0 Å². The van der Waals surface area contributed by atoms with E-state index in [0.29, 0.717) is 18.7 Å². The molecule has 0 unspecified atom stereocenters. The van der Waals surface area contributed by atoms with E-state index in [9.17, 15) is 4.79 Å². The molecular formula is C25H24N2O3. The first-order valence-corrected chi connectivity index (χ1v) is 9.95. The van der Waals surface area contributed by atoms with Crippen LogP contribution in [0, 0.1) is 6.92 Å². The molecule has 1 aromatic heterocycles. The minimum Gasteiger partial charge on any atom is -0.496 e. The highest BCUT2D eigenvalue weighted by Crippen LogP contribution is 2.31. The molecule has 0 bridgehead atoms. The van der Waals surface area contributed by atoms with E-state index >= 15 is 0 Å². The van der Waals surface area contributed by atoms with Gasteiger partial charge in [-0.2, -0.15) is 0 Å². The van der Waals surface area contributed by atoms with Gasteiger partial charge in [-0.1, -0.05) is 48.5 Å². The number of fused-ring (bicyclic) bond motifs is 1. The Kier molecular flexibility index (Phi) is 5.53. The van der Waals surface area contributed by atoms with Gasteiger partial charge in [0.1, 0.15) is 11.6 Å². The average molecular weight is 400 g/mol. The van der Waals surface area contributed by atoms with Gasteiger partial charge >= 0.3 is 5.97 Å². The zero-order valence-corrected chi connectivity index (χ0v) is 17.1. The fourth-order valence-electron chi connectivity index (χ4n) is 3.72. The molecule has 5 heteroatoms. The number of aromatic nitrogens is 2. The van der Waals surface area contributed by atoms with E-state index in [1.165, 1.54) is 11.1 Å². The van der Waals surface area contributed by atoms with Crippen molar-refractivity contribution in [2.75, 3.05) is 7.11 Å². The highest BCUT2D eigenvalue weighted by atomic mass is 16.5. The van der Waals surface area contributed by atoms with Gasteiger partial charge in [0.15, 0.2) is 0 Å². The molecule has 5 nitrogen and oxygen atoms in total. The molecule has 4 rings (SSSR count). The quantitative estimate of drug-likeness (QED) is 0.470. The van der Waals surface area contributed by atoms with Gasteiger partial charge in [-0.3, -0.25) is 4.79 Å². The zero-order valence-electron chi connectivity index (χ0n) is 17.1. The lowest BCUT2D eigenvalue weighted by atomic mass is 10.1. The summed E-state index contributed by atoms with van der Waals surface area (Å²) >= 11 is 0. The molecule has 0 fully saturated rings. The number of rotatable bonds is 7.